The summed E-state index contributed by atoms with van der Waals surface area (Å²) in [6, 6.07) is 56.0. The molecule has 0 N–H and O–H groups in total. The number of anilines is 3. The standard InChI is InChI=1S/C40H26N2O/c1-2-12-29(13-3-1)41(32-19-18-27-10-4-5-11-28(27)26-32)30-20-22-31(23-21-30)42-37-16-8-6-14-33(37)35-24-25-36-34-15-7-9-17-38(34)43-40(36)39(35)42/h1-26H. The van der Waals surface area contributed by atoms with Gasteiger partial charge in [-0.3, -0.25) is 0 Å². The molecule has 0 atom stereocenters. The highest BCUT2D eigenvalue weighted by Gasteiger charge is 2.19. The van der Waals surface area contributed by atoms with Crippen LogP contribution in [0.3, 0.4) is 0 Å². The molecule has 0 fully saturated rings. The Hall–Kier alpha value is -5.80. The molecule has 0 bridgehead atoms. The molecular formula is C40H26N2O. The van der Waals surface area contributed by atoms with Crippen molar-refractivity contribution < 1.29 is 4.42 Å². The van der Waals surface area contributed by atoms with Gasteiger partial charge in [-0.1, -0.05) is 91.0 Å². The molecule has 2 aromatic heterocycles. The van der Waals surface area contributed by atoms with E-state index in [0.717, 1.165) is 55.7 Å². The molecule has 9 aromatic rings. The van der Waals surface area contributed by atoms with Crippen LogP contribution >= 0.6 is 0 Å². The first-order chi connectivity index (χ1) is 21.3. The number of furan rings is 1. The van der Waals surface area contributed by atoms with Crippen LogP contribution in [0.2, 0.25) is 0 Å². The summed E-state index contributed by atoms with van der Waals surface area (Å²) in [5.74, 6) is 0. The van der Waals surface area contributed by atoms with Crippen molar-refractivity contribution in [3.8, 4) is 5.69 Å². The van der Waals surface area contributed by atoms with E-state index in [2.05, 4.69) is 155 Å². The van der Waals surface area contributed by atoms with Crippen LogP contribution in [0.5, 0.6) is 0 Å². The summed E-state index contributed by atoms with van der Waals surface area (Å²) in [5.41, 5.74) is 8.51. The summed E-state index contributed by atoms with van der Waals surface area (Å²) in [6.45, 7) is 0. The lowest BCUT2D eigenvalue weighted by Gasteiger charge is -2.26. The van der Waals surface area contributed by atoms with Gasteiger partial charge in [-0.05, 0) is 77.5 Å². The normalized spacial score (nSPS) is 11.7. The Kier molecular flexibility index (Phi) is 5.20. The fourth-order valence-electron chi connectivity index (χ4n) is 6.59. The molecule has 0 aliphatic rings. The fourth-order valence-corrected chi connectivity index (χ4v) is 6.59. The first-order valence-corrected chi connectivity index (χ1v) is 14.6. The predicted octanol–water partition coefficient (Wildman–Crippen LogP) is 11.3. The van der Waals surface area contributed by atoms with E-state index >= 15 is 0 Å². The van der Waals surface area contributed by atoms with Crippen LogP contribution in [0.25, 0.3) is 60.2 Å². The Morgan fingerprint density at radius 1 is 0.442 bits per heavy atom. The minimum Gasteiger partial charge on any atom is -0.454 e. The lowest BCUT2D eigenvalue weighted by Crippen LogP contribution is -2.10. The molecule has 9 rings (SSSR count). The van der Waals surface area contributed by atoms with Crippen molar-refractivity contribution in [2.75, 3.05) is 4.90 Å². The second-order valence-electron chi connectivity index (χ2n) is 11.0. The molecule has 43 heavy (non-hydrogen) atoms. The predicted molar refractivity (Wildman–Crippen MR) is 180 cm³/mol. The summed E-state index contributed by atoms with van der Waals surface area (Å²) in [5, 5.41) is 7.13. The number of nitrogens with zero attached hydrogens (tertiary/aromatic N) is 2. The maximum absolute atomic E-state index is 6.54. The van der Waals surface area contributed by atoms with Crippen molar-refractivity contribution in [3.63, 3.8) is 0 Å². The SMILES string of the molecule is c1ccc(N(c2ccc(-n3c4ccccc4c4ccc5c6ccccc6oc5c43)cc2)c2ccc3ccccc3c2)cc1. The lowest BCUT2D eigenvalue weighted by molar-refractivity contribution is 0.671. The maximum atomic E-state index is 6.54. The molecule has 3 nitrogen and oxygen atoms in total. The van der Waals surface area contributed by atoms with Gasteiger partial charge in [0.05, 0.1) is 11.0 Å². The first-order valence-electron chi connectivity index (χ1n) is 14.6. The van der Waals surface area contributed by atoms with Crippen molar-refractivity contribution in [2.45, 2.75) is 0 Å². The molecule has 0 aliphatic heterocycles. The number of para-hydroxylation sites is 3. The molecule has 0 unspecified atom stereocenters. The molecule has 202 valence electrons. The van der Waals surface area contributed by atoms with Crippen LogP contribution in [0.1, 0.15) is 0 Å². The zero-order valence-corrected chi connectivity index (χ0v) is 23.3. The van der Waals surface area contributed by atoms with Crippen molar-refractivity contribution in [1.29, 1.82) is 0 Å². The van der Waals surface area contributed by atoms with Crippen LogP contribution in [0, 0.1) is 0 Å². The summed E-state index contributed by atoms with van der Waals surface area (Å²) in [6.07, 6.45) is 0. The Labute approximate surface area is 248 Å². The third-order valence-corrected chi connectivity index (χ3v) is 8.55. The van der Waals surface area contributed by atoms with Crippen LogP contribution < -0.4 is 4.90 Å². The minimum absolute atomic E-state index is 0.908. The zero-order chi connectivity index (χ0) is 28.3. The second-order valence-corrected chi connectivity index (χ2v) is 11.0. The second kappa shape index (κ2) is 9.37. The Morgan fingerprint density at radius 2 is 1.09 bits per heavy atom. The Balaban J connectivity index is 1.25. The average Bonchev–Trinajstić information content (AvgIpc) is 3.62. The first kappa shape index (κ1) is 23.9. The fraction of sp³-hybridized carbons (Fsp3) is 0. The molecule has 0 aliphatic carbocycles. The number of fused-ring (bicyclic) bond motifs is 8. The highest BCUT2D eigenvalue weighted by molar-refractivity contribution is 6.21. The average molecular weight is 551 g/mol. The summed E-state index contributed by atoms with van der Waals surface area (Å²) in [7, 11) is 0. The maximum Gasteiger partial charge on any atom is 0.160 e. The van der Waals surface area contributed by atoms with E-state index < -0.39 is 0 Å². The molecule has 0 radical (unpaired) electrons. The molecule has 0 amide bonds. The third kappa shape index (κ3) is 3.68. The molecule has 2 heterocycles. The Bertz CT molecular complexity index is 2450. The number of hydrogen-bond acceptors (Lipinski definition) is 2. The van der Waals surface area contributed by atoms with Crippen LogP contribution in [0.4, 0.5) is 17.1 Å². The van der Waals surface area contributed by atoms with E-state index in [1.165, 1.54) is 21.5 Å². The highest BCUT2D eigenvalue weighted by atomic mass is 16.3. The van der Waals surface area contributed by atoms with E-state index in [1.54, 1.807) is 0 Å². The van der Waals surface area contributed by atoms with Gasteiger partial charge < -0.3 is 13.9 Å². The highest BCUT2D eigenvalue weighted by Crippen LogP contribution is 2.41. The van der Waals surface area contributed by atoms with Crippen molar-refractivity contribution >= 4 is 71.6 Å². The van der Waals surface area contributed by atoms with Crippen LogP contribution in [0.15, 0.2) is 162 Å². The smallest absolute Gasteiger partial charge is 0.160 e. The summed E-state index contributed by atoms with van der Waals surface area (Å²) in [4.78, 5) is 2.32. The van der Waals surface area contributed by atoms with Crippen molar-refractivity contribution in [2.24, 2.45) is 0 Å². The molecule has 0 spiro atoms. The lowest BCUT2D eigenvalue weighted by atomic mass is 10.1. The van der Waals surface area contributed by atoms with Gasteiger partial charge in [0.1, 0.15) is 5.58 Å². The molecule has 0 saturated carbocycles. The van der Waals surface area contributed by atoms with E-state index in [-0.39, 0.29) is 0 Å². The van der Waals surface area contributed by atoms with Gasteiger partial charge in [0.15, 0.2) is 5.58 Å². The number of hydrogen-bond donors (Lipinski definition) is 0. The van der Waals surface area contributed by atoms with E-state index in [9.17, 15) is 0 Å². The monoisotopic (exact) mass is 550 g/mol. The van der Waals surface area contributed by atoms with Gasteiger partial charge >= 0.3 is 0 Å². The number of rotatable bonds is 4. The van der Waals surface area contributed by atoms with Gasteiger partial charge in [0, 0.05) is 44.3 Å². The van der Waals surface area contributed by atoms with Crippen LogP contribution in [-0.4, -0.2) is 4.57 Å². The molecule has 0 saturated heterocycles. The van der Waals surface area contributed by atoms with E-state index in [1.807, 2.05) is 12.1 Å². The zero-order valence-electron chi connectivity index (χ0n) is 23.3. The summed E-state index contributed by atoms with van der Waals surface area (Å²) >= 11 is 0. The quantitative estimate of drug-likeness (QED) is 0.217. The third-order valence-electron chi connectivity index (χ3n) is 8.55. The largest absolute Gasteiger partial charge is 0.454 e. The molecular weight excluding hydrogens is 524 g/mol. The van der Waals surface area contributed by atoms with Gasteiger partial charge in [-0.25, -0.2) is 0 Å². The van der Waals surface area contributed by atoms with E-state index in [4.69, 9.17) is 4.42 Å². The molecule has 3 heteroatoms. The molecule has 7 aromatic carbocycles. The summed E-state index contributed by atoms with van der Waals surface area (Å²) < 4.78 is 8.89. The topological polar surface area (TPSA) is 21.3 Å². The Morgan fingerprint density at radius 3 is 1.95 bits per heavy atom. The van der Waals surface area contributed by atoms with Gasteiger partial charge in [0.25, 0.3) is 0 Å². The van der Waals surface area contributed by atoms with Crippen molar-refractivity contribution in [3.05, 3.63) is 158 Å². The number of benzene rings is 7. The number of aromatic nitrogens is 1. The van der Waals surface area contributed by atoms with Gasteiger partial charge in [-0.2, -0.15) is 0 Å². The minimum atomic E-state index is 0.908. The van der Waals surface area contributed by atoms with Gasteiger partial charge in [-0.15, -0.1) is 0 Å². The van der Waals surface area contributed by atoms with E-state index in [0.29, 0.717) is 0 Å². The van der Waals surface area contributed by atoms with Crippen molar-refractivity contribution in [1.82, 2.24) is 4.57 Å². The van der Waals surface area contributed by atoms with Crippen LogP contribution in [-0.2, 0) is 0 Å². The van der Waals surface area contributed by atoms with Gasteiger partial charge in [0.2, 0.25) is 0 Å².